The minimum atomic E-state index is 0.817. The van der Waals surface area contributed by atoms with E-state index in [1.54, 1.807) is 0 Å². The maximum atomic E-state index is 6.15. The molecule has 1 aliphatic rings. The molecule has 0 radical (unpaired) electrons. The van der Waals surface area contributed by atoms with Crippen molar-refractivity contribution in [2.45, 2.75) is 13.5 Å². The maximum absolute atomic E-state index is 6.15. The second-order valence-electron chi connectivity index (χ2n) is 5.82. The van der Waals surface area contributed by atoms with E-state index in [0.717, 1.165) is 42.2 Å². The molecule has 0 saturated carbocycles. The normalized spacial score (nSPS) is 16.0. The van der Waals surface area contributed by atoms with E-state index in [-0.39, 0.29) is 0 Å². The van der Waals surface area contributed by atoms with Crippen molar-refractivity contribution in [3.05, 3.63) is 63.1 Å². The quantitative estimate of drug-likeness (QED) is 0.760. The molecule has 1 aliphatic heterocycles. The van der Waals surface area contributed by atoms with Gasteiger partial charge in [0, 0.05) is 47.9 Å². The van der Waals surface area contributed by atoms with Crippen LogP contribution in [0.3, 0.4) is 0 Å². The summed E-state index contributed by atoms with van der Waals surface area (Å²) in [6.07, 6.45) is 0. The Morgan fingerprint density at radius 2 is 1.82 bits per heavy atom. The number of halogens is 2. The Kier molecular flexibility index (Phi) is 5.07. The van der Waals surface area contributed by atoms with Crippen LogP contribution in [0.2, 0.25) is 5.02 Å². The van der Waals surface area contributed by atoms with Crippen molar-refractivity contribution in [1.29, 1.82) is 0 Å². The molecule has 4 heteroatoms. The van der Waals surface area contributed by atoms with Crippen molar-refractivity contribution in [2.75, 3.05) is 31.1 Å². The Balaban J connectivity index is 1.61. The lowest BCUT2D eigenvalue weighted by Gasteiger charge is -2.37. The Morgan fingerprint density at radius 3 is 2.55 bits per heavy atom. The lowest BCUT2D eigenvalue weighted by Crippen LogP contribution is -2.46. The predicted molar refractivity (Wildman–Crippen MR) is 97.8 cm³/mol. The van der Waals surface area contributed by atoms with Crippen LogP contribution in [-0.2, 0) is 6.54 Å². The number of piperazine rings is 1. The summed E-state index contributed by atoms with van der Waals surface area (Å²) in [4.78, 5) is 4.96. The van der Waals surface area contributed by atoms with E-state index in [1.807, 2.05) is 6.07 Å². The fourth-order valence-corrected chi connectivity index (χ4v) is 3.58. The first-order chi connectivity index (χ1) is 10.6. The van der Waals surface area contributed by atoms with Crippen molar-refractivity contribution < 1.29 is 0 Å². The smallest absolute Gasteiger partial charge is 0.0426 e. The molecule has 116 valence electrons. The van der Waals surface area contributed by atoms with Gasteiger partial charge in [-0.2, -0.15) is 0 Å². The van der Waals surface area contributed by atoms with E-state index >= 15 is 0 Å². The van der Waals surface area contributed by atoms with Crippen LogP contribution in [0.4, 0.5) is 5.69 Å². The molecule has 0 aliphatic carbocycles. The van der Waals surface area contributed by atoms with E-state index in [4.69, 9.17) is 11.6 Å². The summed E-state index contributed by atoms with van der Waals surface area (Å²) in [5.41, 5.74) is 3.93. The van der Waals surface area contributed by atoms with Crippen LogP contribution in [-0.4, -0.2) is 31.1 Å². The van der Waals surface area contributed by atoms with E-state index in [0.29, 0.717) is 0 Å². The summed E-state index contributed by atoms with van der Waals surface area (Å²) < 4.78 is 1.15. The predicted octanol–water partition coefficient (Wildman–Crippen LogP) is 4.73. The highest BCUT2D eigenvalue weighted by molar-refractivity contribution is 9.10. The second kappa shape index (κ2) is 7.03. The molecule has 2 aromatic carbocycles. The molecule has 0 spiro atoms. The van der Waals surface area contributed by atoms with E-state index < -0.39 is 0 Å². The molecule has 0 N–H and O–H groups in total. The van der Waals surface area contributed by atoms with Crippen LogP contribution >= 0.6 is 27.5 Å². The van der Waals surface area contributed by atoms with Gasteiger partial charge in [-0.3, -0.25) is 4.90 Å². The third-order valence-electron chi connectivity index (χ3n) is 4.18. The number of anilines is 1. The summed E-state index contributed by atoms with van der Waals surface area (Å²) in [6, 6.07) is 14.7. The molecule has 3 rings (SSSR count). The average molecular weight is 380 g/mol. The SMILES string of the molecule is Cc1ccc(Cl)cc1N1CCN(Cc2cccc(Br)c2)CC1. The molecule has 1 fully saturated rings. The number of hydrogen-bond acceptors (Lipinski definition) is 2. The van der Waals surface area contributed by atoms with Gasteiger partial charge in [-0.15, -0.1) is 0 Å². The minimum Gasteiger partial charge on any atom is -0.369 e. The van der Waals surface area contributed by atoms with Gasteiger partial charge < -0.3 is 4.90 Å². The van der Waals surface area contributed by atoms with Gasteiger partial charge in [0.15, 0.2) is 0 Å². The monoisotopic (exact) mass is 378 g/mol. The molecule has 2 nitrogen and oxygen atoms in total. The molecule has 22 heavy (non-hydrogen) atoms. The largest absolute Gasteiger partial charge is 0.369 e. The van der Waals surface area contributed by atoms with E-state index in [1.165, 1.54) is 16.8 Å². The summed E-state index contributed by atoms with van der Waals surface area (Å²) >= 11 is 9.69. The summed E-state index contributed by atoms with van der Waals surface area (Å²) in [7, 11) is 0. The Bertz CT molecular complexity index is 651. The summed E-state index contributed by atoms with van der Waals surface area (Å²) in [6.45, 7) is 7.43. The van der Waals surface area contributed by atoms with Gasteiger partial charge >= 0.3 is 0 Å². The molecule has 1 saturated heterocycles. The van der Waals surface area contributed by atoms with Crippen LogP contribution in [0.15, 0.2) is 46.9 Å². The van der Waals surface area contributed by atoms with Crippen LogP contribution in [0, 0.1) is 6.92 Å². The first kappa shape index (κ1) is 15.9. The van der Waals surface area contributed by atoms with Gasteiger partial charge in [-0.05, 0) is 42.3 Å². The number of rotatable bonds is 3. The molecule has 0 amide bonds. The summed E-state index contributed by atoms with van der Waals surface area (Å²) in [5, 5.41) is 0.817. The molecule has 0 atom stereocenters. The highest BCUT2D eigenvalue weighted by Crippen LogP contribution is 2.25. The van der Waals surface area contributed by atoms with Gasteiger partial charge in [0.1, 0.15) is 0 Å². The number of nitrogens with zero attached hydrogens (tertiary/aromatic N) is 2. The first-order valence-electron chi connectivity index (χ1n) is 7.60. The fourth-order valence-electron chi connectivity index (χ4n) is 2.96. The van der Waals surface area contributed by atoms with E-state index in [2.05, 4.69) is 69.1 Å². The molecule has 0 unspecified atom stereocenters. The van der Waals surface area contributed by atoms with E-state index in [9.17, 15) is 0 Å². The zero-order valence-corrected chi connectivity index (χ0v) is 15.1. The second-order valence-corrected chi connectivity index (χ2v) is 7.18. The topological polar surface area (TPSA) is 6.48 Å². The molecular weight excluding hydrogens is 360 g/mol. The maximum Gasteiger partial charge on any atom is 0.0426 e. The zero-order chi connectivity index (χ0) is 15.5. The first-order valence-corrected chi connectivity index (χ1v) is 8.77. The summed E-state index contributed by atoms with van der Waals surface area (Å²) in [5.74, 6) is 0. The van der Waals surface area contributed by atoms with Gasteiger partial charge in [0.25, 0.3) is 0 Å². The van der Waals surface area contributed by atoms with Crippen molar-refractivity contribution in [3.63, 3.8) is 0 Å². The fraction of sp³-hybridized carbons (Fsp3) is 0.333. The molecule has 1 heterocycles. The van der Waals surface area contributed by atoms with Crippen molar-refractivity contribution in [2.24, 2.45) is 0 Å². The Labute approximate surface area is 145 Å². The van der Waals surface area contributed by atoms with Gasteiger partial charge in [-0.1, -0.05) is 45.7 Å². The third kappa shape index (κ3) is 3.83. The van der Waals surface area contributed by atoms with Gasteiger partial charge in [0.05, 0.1) is 0 Å². The average Bonchev–Trinajstić information content (AvgIpc) is 2.51. The van der Waals surface area contributed by atoms with Gasteiger partial charge in [-0.25, -0.2) is 0 Å². The number of hydrogen-bond donors (Lipinski definition) is 0. The van der Waals surface area contributed by atoms with Crippen LogP contribution in [0.5, 0.6) is 0 Å². The number of aryl methyl sites for hydroxylation is 1. The third-order valence-corrected chi connectivity index (χ3v) is 4.91. The van der Waals surface area contributed by atoms with Crippen LogP contribution in [0.25, 0.3) is 0 Å². The molecular formula is C18H20BrClN2. The van der Waals surface area contributed by atoms with Crippen molar-refractivity contribution in [3.8, 4) is 0 Å². The molecule has 0 aromatic heterocycles. The zero-order valence-electron chi connectivity index (χ0n) is 12.7. The lowest BCUT2D eigenvalue weighted by molar-refractivity contribution is 0.250. The highest BCUT2D eigenvalue weighted by Gasteiger charge is 2.18. The van der Waals surface area contributed by atoms with Gasteiger partial charge in [0.2, 0.25) is 0 Å². The Hall–Kier alpha value is -1.03. The molecule has 0 bridgehead atoms. The standard InChI is InChI=1S/C18H20BrClN2/c1-14-5-6-17(20)12-18(14)22-9-7-21(8-10-22)13-15-3-2-4-16(19)11-15/h2-6,11-12H,7-10,13H2,1H3. The Morgan fingerprint density at radius 1 is 1.05 bits per heavy atom. The van der Waals surface area contributed by atoms with Crippen LogP contribution in [0.1, 0.15) is 11.1 Å². The molecule has 2 aromatic rings. The van der Waals surface area contributed by atoms with Crippen molar-refractivity contribution >= 4 is 33.2 Å². The lowest BCUT2D eigenvalue weighted by atomic mass is 10.1. The number of benzene rings is 2. The highest BCUT2D eigenvalue weighted by atomic mass is 79.9. The van der Waals surface area contributed by atoms with Crippen molar-refractivity contribution in [1.82, 2.24) is 4.90 Å². The minimum absolute atomic E-state index is 0.817. The van der Waals surface area contributed by atoms with Crippen LogP contribution < -0.4 is 4.90 Å².